The molecule has 49 heavy (non-hydrogen) atoms. The highest BCUT2D eigenvalue weighted by Crippen LogP contribution is 2.33. The quantitative estimate of drug-likeness (QED) is 0.266. The summed E-state index contributed by atoms with van der Waals surface area (Å²) in [6, 6.07) is 19.6. The van der Waals surface area contributed by atoms with Gasteiger partial charge in [-0.25, -0.2) is 0 Å². The van der Waals surface area contributed by atoms with Gasteiger partial charge in [0.05, 0.1) is 0 Å². The van der Waals surface area contributed by atoms with Crippen molar-refractivity contribution in [2.24, 2.45) is 0 Å². The number of carbonyl (C=O) groups is 1. The molecule has 0 spiro atoms. The third-order valence-corrected chi connectivity index (χ3v) is 9.26. The van der Waals surface area contributed by atoms with Gasteiger partial charge in [0.25, 0.3) is 0 Å². The minimum absolute atomic E-state index is 0.0139. The van der Waals surface area contributed by atoms with Crippen LogP contribution in [0.25, 0.3) is 0 Å². The Kier molecular flexibility index (Phi) is 12.9. The van der Waals surface area contributed by atoms with Crippen molar-refractivity contribution in [3.8, 4) is 0 Å². The molecule has 0 aliphatic rings. The fourth-order valence-corrected chi connectivity index (χ4v) is 5.76. The molecule has 0 bridgehead atoms. The summed E-state index contributed by atoms with van der Waals surface area (Å²) < 4.78 is 0. The molecule has 0 aliphatic heterocycles. The number of hydrogen-bond acceptors (Lipinski definition) is 3. The zero-order chi connectivity index (χ0) is 38.1. The molecule has 0 unspecified atom stereocenters. The smallest absolute Gasteiger partial charge is 0.423 e. The first-order chi connectivity index (χ1) is 21.8. The van der Waals surface area contributed by atoms with Gasteiger partial charge in [-0.2, -0.15) is 0 Å². The van der Waals surface area contributed by atoms with Gasteiger partial charge in [-0.1, -0.05) is 179 Å². The standard InChI is InChI=1S/C31H46O.C14H23BO2/c1-28(2,3)23-13-21(14-24(19-23)29(4,5)6)17-27(32)18-22-15-25(30(7,8)9)20-26(16-22)31(10,11)12;1-13(2,3)10-7-8-11(14(4,5)6)12(9-10)15(16)17/h13-16,19-20H,17-18H2,1-12H3;7-9,16-17H,1-6H3. The zero-order valence-electron chi connectivity index (χ0n) is 34.5. The molecule has 2 N–H and O–H groups in total. The van der Waals surface area contributed by atoms with E-state index in [1.54, 1.807) is 0 Å². The molecule has 270 valence electrons. The second kappa shape index (κ2) is 14.9. The average molecular weight is 669 g/mol. The molecule has 0 amide bonds. The van der Waals surface area contributed by atoms with Crippen LogP contribution in [0.3, 0.4) is 0 Å². The number of carbonyl (C=O) groups excluding carboxylic acids is 1. The largest absolute Gasteiger partial charge is 0.488 e. The number of ketones is 1. The molecule has 0 aromatic heterocycles. The SMILES string of the molecule is CC(C)(C)c1cc(CC(=O)Cc2cc(C(C)(C)C)cc(C(C)(C)C)c2)cc(C(C)(C)C)c1.CC(C)(C)c1ccc(C(C)(C)C)c(B(O)O)c1. The average Bonchev–Trinajstić information content (AvgIpc) is 2.89. The first-order valence-corrected chi connectivity index (χ1v) is 18.1. The normalized spacial score (nSPS) is 13.1. The topological polar surface area (TPSA) is 57.5 Å². The molecule has 0 saturated heterocycles. The van der Waals surface area contributed by atoms with Crippen molar-refractivity contribution < 1.29 is 14.8 Å². The minimum Gasteiger partial charge on any atom is -0.423 e. The molecular weight excluding hydrogens is 599 g/mol. The summed E-state index contributed by atoms with van der Waals surface area (Å²) >= 11 is 0. The van der Waals surface area contributed by atoms with Crippen molar-refractivity contribution in [3.63, 3.8) is 0 Å². The van der Waals surface area contributed by atoms with Crippen LogP contribution in [-0.2, 0) is 50.1 Å². The van der Waals surface area contributed by atoms with E-state index < -0.39 is 7.12 Å². The number of rotatable bonds is 5. The Labute approximate surface area is 301 Å². The molecule has 3 nitrogen and oxygen atoms in total. The summed E-state index contributed by atoms with van der Waals surface area (Å²) in [4.78, 5) is 13.2. The van der Waals surface area contributed by atoms with Crippen molar-refractivity contribution in [1.82, 2.24) is 0 Å². The Morgan fingerprint density at radius 1 is 0.449 bits per heavy atom. The molecule has 0 aliphatic carbocycles. The van der Waals surface area contributed by atoms with Gasteiger partial charge >= 0.3 is 7.12 Å². The summed E-state index contributed by atoms with van der Waals surface area (Å²) in [6.07, 6.45) is 0.967. The van der Waals surface area contributed by atoms with Crippen molar-refractivity contribution in [1.29, 1.82) is 0 Å². The molecular formula is C45H69BO3. The van der Waals surface area contributed by atoms with E-state index in [-0.39, 0.29) is 38.3 Å². The van der Waals surface area contributed by atoms with E-state index in [1.165, 1.54) is 22.3 Å². The number of benzene rings is 3. The predicted octanol–water partition coefficient (Wildman–Crippen LogP) is 10.2. The van der Waals surface area contributed by atoms with Crippen LogP contribution in [0.1, 0.15) is 169 Å². The second-order valence-electron chi connectivity index (χ2n) is 20.4. The molecule has 0 radical (unpaired) electrons. The molecule has 3 rings (SSSR count). The van der Waals surface area contributed by atoms with Gasteiger partial charge in [0.2, 0.25) is 0 Å². The highest BCUT2D eigenvalue weighted by Gasteiger charge is 2.27. The van der Waals surface area contributed by atoms with Crippen molar-refractivity contribution in [3.05, 3.63) is 99.1 Å². The molecule has 4 heteroatoms. The van der Waals surface area contributed by atoms with Gasteiger partial charge in [-0.05, 0) is 82.5 Å². The van der Waals surface area contributed by atoms with E-state index in [1.807, 2.05) is 12.1 Å². The van der Waals surface area contributed by atoms with Gasteiger partial charge in [-0.15, -0.1) is 0 Å². The second-order valence-corrected chi connectivity index (χ2v) is 20.4. The van der Waals surface area contributed by atoms with Crippen LogP contribution in [0.5, 0.6) is 0 Å². The Hall–Kier alpha value is -2.69. The summed E-state index contributed by atoms with van der Waals surface area (Å²) in [5, 5.41) is 19.0. The number of hydrogen-bond donors (Lipinski definition) is 2. The fourth-order valence-electron chi connectivity index (χ4n) is 5.76. The first kappa shape index (κ1) is 42.5. The van der Waals surface area contributed by atoms with E-state index >= 15 is 0 Å². The molecule has 0 saturated carbocycles. The van der Waals surface area contributed by atoms with Gasteiger partial charge in [-0.3, -0.25) is 4.79 Å². The fraction of sp³-hybridized carbons (Fsp3) is 0.578. The van der Waals surface area contributed by atoms with Crippen LogP contribution in [-0.4, -0.2) is 22.9 Å². The summed E-state index contributed by atoms with van der Waals surface area (Å²) in [5.41, 5.74) is 10.4. The summed E-state index contributed by atoms with van der Waals surface area (Å²) in [7, 11) is -1.41. The van der Waals surface area contributed by atoms with Gasteiger partial charge in [0, 0.05) is 12.8 Å². The Balaban J connectivity index is 0.000000412. The lowest BCUT2D eigenvalue weighted by Gasteiger charge is -2.26. The van der Waals surface area contributed by atoms with Crippen LogP contribution in [0.15, 0.2) is 54.6 Å². The molecule has 3 aromatic rings. The Morgan fingerprint density at radius 3 is 1.00 bits per heavy atom. The van der Waals surface area contributed by atoms with E-state index in [2.05, 4.69) is 167 Å². The van der Waals surface area contributed by atoms with Crippen LogP contribution >= 0.6 is 0 Å². The van der Waals surface area contributed by atoms with Crippen LogP contribution in [0.2, 0.25) is 0 Å². The zero-order valence-corrected chi connectivity index (χ0v) is 34.5. The van der Waals surface area contributed by atoms with Gasteiger partial charge < -0.3 is 10.0 Å². The van der Waals surface area contributed by atoms with Crippen molar-refractivity contribution in [2.75, 3.05) is 0 Å². The van der Waals surface area contributed by atoms with Crippen molar-refractivity contribution in [2.45, 2.75) is 170 Å². The Morgan fingerprint density at radius 2 is 0.755 bits per heavy atom. The third kappa shape index (κ3) is 12.5. The van der Waals surface area contributed by atoms with E-state index in [0.717, 1.165) is 22.3 Å². The van der Waals surface area contributed by atoms with E-state index in [0.29, 0.717) is 18.3 Å². The molecule has 3 aromatic carbocycles. The first-order valence-electron chi connectivity index (χ1n) is 18.1. The van der Waals surface area contributed by atoms with Crippen LogP contribution in [0, 0.1) is 0 Å². The lowest BCUT2D eigenvalue weighted by Crippen LogP contribution is -2.38. The maximum Gasteiger partial charge on any atom is 0.488 e. The lowest BCUT2D eigenvalue weighted by atomic mass is 9.68. The van der Waals surface area contributed by atoms with Crippen molar-refractivity contribution >= 4 is 18.4 Å². The minimum atomic E-state index is -1.41. The maximum absolute atomic E-state index is 13.2. The van der Waals surface area contributed by atoms with Crippen LogP contribution < -0.4 is 5.46 Å². The monoisotopic (exact) mass is 669 g/mol. The molecule has 0 atom stereocenters. The Bertz CT molecular complexity index is 1440. The van der Waals surface area contributed by atoms with Crippen LogP contribution in [0.4, 0.5) is 0 Å². The molecule has 0 fully saturated rings. The highest BCUT2D eigenvalue weighted by atomic mass is 16.4. The predicted molar refractivity (Wildman–Crippen MR) is 214 cm³/mol. The maximum atomic E-state index is 13.2. The lowest BCUT2D eigenvalue weighted by molar-refractivity contribution is -0.117. The van der Waals surface area contributed by atoms with E-state index in [9.17, 15) is 14.8 Å². The van der Waals surface area contributed by atoms with Gasteiger partial charge in [0.15, 0.2) is 0 Å². The summed E-state index contributed by atoms with van der Waals surface area (Å²) in [5.74, 6) is 0.279. The van der Waals surface area contributed by atoms with Gasteiger partial charge in [0.1, 0.15) is 5.78 Å². The number of Topliss-reactive ketones (excluding diaryl/α,β-unsaturated/α-hetero) is 1. The highest BCUT2D eigenvalue weighted by molar-refractivity contribution is 6.59. The molecule has 0 heterocycles. The third-order valence-electron chi connectivity index (χ3n) is 9.26. The summed E-state index contributed by atoms with van der Waals surface area (Å²) in [6.45, 7) is 39.5. The van der Waals surface area contributed by atoms with E-state index in [4.69, 9.17) is 0 Å².